The fourth-order valence-corrected chi connectivity index (χ4v) is 5.41. The maximum Gasteiger partial charge on any atom is 0.342 e. The molecule has 1 aliphatic heterocycles. The summed E-state index contributed by atoms with van der Waals surface area (Å²) < 4.78 is 37.5. The number of rotatable bonds is 6. The molecule has 0 unspecified atom stereocenters. The topological polar surface area (TPSA) is 122 Å². The minimum atomic E-state index is -3.63. The zero-order valence-electron chi connectivity index (χ0n) is 16.0. The van der Waals surface area contributed by atoms with Gasteiger partial charge in [-0.05, 0) is 52.3 Å². The Kier molecular flexibility index (Phi) is 7.70. The summed E-state index contributed by atoms with van der Waals surface area (Å²) in [5.74, 6) is -1.79. The van der Waals surface area contributed by atoms with Crippen molar-refractivity contribution in [2.45, 2.75) is 4.90 Å². The van der Waals surface area contributed by atoms with Crippen molar-refractivity contribution in [3.8, 4) is 5.75 Å². The Hall–Kier alpha value is -1.99. The second-order valence-corrected chi connectivity index (χ2v) is 10.2. The molecule has 2 N–H and O–H groups in total. The van der Waals surface area contributed by atoms with Gasteiger partial charge in [0.25, 0.3) is 5.91 Å². The van der Waals surface area contributed by atoms with Crippen LogP contribution in [0.1, 0.15) is 10.4 Å². The quantitative estimate of drug-likeness (QED) is 0.506. The molecule has 1 saturated heterocycles. The van der Waals surface area contributed by atoms with Crippen LogP contribution in [0.5, 0.6) is 5.75 Å². The third-order valence-corrected chi connectivity index (χ3v) is 7.30. The largest absolute Gasteiger partial charge is 0.506 e. The second-order valence-electron chi connectivity index (χ2n) is 6.45. The van der Waals surface area contributed by atoms with Gasteiger partial charge in [-0.25, -0.2) is 13.2 Å². The zero-order valence-corrected chi connectivity index (χ0v) is 20.0. The van der Waals surface area contributed by atoms with Crippen LogP contribution in [0.3, 0.4) is 0 Å². The number of carbonyl (C=O) groups excluding carboxylic acids is 2. The van der Waals surface area contributed by atoms with Gasteiger partial charge in [-0.1, -0.05) is 15.9 Å². The highest BCUT2D eigenvalue weighted by Crippen LogP contribution is 2.32. The molecule has 3 rings (SSSR count). The van der Waals surface area contributed by atoms with E-state index in [1.807, 2.05) is 0 Å². The van der Waals surface area contributed by atoms with Crippen molar-refractivity contribution < 1.29 is 32.6 Å². The number of hydrogen-bond donors (Lipinski definition) is 2. The maximum absolute atomic E-state index is 12.6. The molecule has 0 spiro atoms. The number of halogens is 2. The number of benzene rings is 2. The maximum atomic E-state index is 12.6. The van der Waals surface area contributed by atoms with E-state index in [1.165, 1.54) is 34.6 Å². The first-order valence-corrected chi connectivity index (χ1v) is 12.0. The van der Waals surface area contributed by atoms with Crippen LogP contribution in [-0.4, -0.2) is 62.6 Å². The summed E-state index contributed by atoms with van der Waals surface area (Å²) >= 11 is 6.32. The summed E-state index contributed by atoms with van der Waals surface area (Å²) in [6.45, 7) is 0.685. The summed E-state index contributed by atoms with van der Waals surface area (Å²) in [5, 5.41) is 12.5. The Morgan fingerprint density at radius 1 is 1.13 bits per heavy atom. The second kappa shape index (κ2) is 10.1. The van der Waals surface area contributed by atoms with Crippen molar-refractivity contribution in [3.63, 3.8) is 0 Å². The predicted molar refractivity (Wildman–Crippen MR) is 118 cm³/mol. The smallest absolute Gasteiger partial charge is 0.342 e. The summed E-state index contributed by atoms with van der Waals surface area (Å²) in [5.41, 5.74) is 0.238. The molecule has 12 heteroatoms. The lowest BCUT2D eigenvalue weighted by Gasteiger charge is -2.26. The van der Waals surface area contributed by atoms with Crippen molar-refractivity contribution in [1.29, 1.82) is 0 Å². The van der Waals surface area contributed by atoms with E-state index >= 15 is 0 Å². The van der Waals surface area contributed by atoms with Crippen LogP contribution in [-0.2, 0) is 24.3 Å². The molecule has 0 atom stereocenters. The number of nitrogens with one attached hydrogen (secondary N) is 1. The van der Waals surface area contributed by atoms with Crippen LogP contribution in [0.2, 0.25) is 0 Å². The van der Waals surface area contributed by atoms with Crippen LogP contribution < -0.4 is 5.32 Å². The van der Waals surface area contributed by atoms with Crippen LogP contribution in [0.4, 0.5) is 5.69 Å². The Morgan fingerprint density at radius 2 is 1.77 bits per heavy atom. The molecule has 31 heavy (non-hydrogen) atoms. The molecule has 1 aliphatic rings. The van der Waals surface area contributed by atoms with Crippen molar-refractivity contribution >= 4 is 59.4 Å². The number of anilines is 1. The third kappa shape index (κ3) is 5.83. The molecule has 0 aliphatic carbocycles. The van der Waals surface area contributed by atoms with Crippen LogP contribution in [0, 0.1) is 0 Å². The zero-order chi connectivity index (χ0) is 22.6. The minimum absolute atomic E-state index is 0.105. The molecule has 1 amide bonds. The molecular weight excluding hydrogens is 560 g/mol. The van der Waals surface area contributed by atoms with E-state index in [9.17, 15) is 23.1 Å². The van der Waals surface area contributed by atoms with Gasteiger partial charge in [-0.3, -0.25) is 4.79 Å². The first-order valence-electron chi connectivity index (χ1n) is 9.01. The average Bonchev–Trinajstić information content (AvgIpc) is 2.75. The first-order chi connectivity index (χ1) is 14.7. The summed E-state index contributed by atoms with van der Waals surface area (Å²) in [6.07, 6.45) is 0. The van der Waals surface area contributed by atoms with Gasteiger partial charge >= 0.3 is 5.97 Å². The molecule has 1 heterocycles. The molecule has 2 aromatic carbocycles. The van der Waals surface area contributed by atoms with Crippen LogP contribution >= 0.6 is 31.9 Å². The van der Waals surface area contributed by atoms with E-state index < -0.39 is 28.5 Å². The fourth-order valence-electron chi connectivity index (χ4n) is 2.77. The number of carbonyl (C=O) groups is 2. The number of esters is 1. The first kappa shape index (κ1) is 23.7. The highest BCUT2D eigenvalue weighted by Gasteiger charge is 2.26. The van der Waals surface area contributed by atoms with Crippen molar-refractivity contribution in [2.24, 2.45) is 0 Å². The van der Waals surface area contributed by atoms with Gasteiger partial charge in [-0.15, -0.1) is 0 Å². The van der Waals surface area contributed by atoms with Gasteiger partial charge in [0.2, 0.25) is 10.0 Å². The van der Waals surface area contributed by atoms with Crippen molar-refractivity contribution in [1.82, 2.24) is 4.31 Å². The summed E-state index contributed by atoms with van der Waals surface area (Å²) in [6, 6.07) is 8.61. The number of hydrogen-bond acceptors (Lipinski definition) is 7. The highest BCUT2D eigenvalue weighted by molar-refractivity contribution is 9.11. The lowest BCUT2D eigenvalue weighted by molar-refractivity contribution is -0.119. The molecule has 0 aromatic heterocycles. The van der Waals surface area contributed by atoms with E-state index in [2.05, 4.69) is 37.2 Å². The fraction of sp³-hybridized carbons (Fsp3) is 0.263. The number of phenols is 1. The van der Waals surface area contributed by atoms with E-state index in [0.29, 0.717) is 27.8 Å². The van der Waals surface area contributed by atoms with Gasteiger partial charge in [0.15, 0.2) is 6.61 Å². The average molecular weight is 578 g/mol. The number of nitrogens with zero attached hydrogens (tertiary/aromatic N) is 1. The van der Waals surface area contributed by atoms with Gasteiger partial charge in [0.05, 0.1) is 22.6 Å². The minimum Gasteiger partial charge on any atom is -0.506 e. The molecule has 166 valence electrons. The lowest BCUT2D eigenvalue weighted by Crippen LogP contribution is -2.40. The molecular formula is C19H18Br2N2O7S. The van der Waals surface area contributed by atoms with Gasteiger partial charge in [0, 0.05) is 23.2 Å². The van der Waals surface area contributed by atoms with Gasteiger partial charge in [-0.2, -0.15) is 4.31 Å². The Bertz CT molecular complexity index is 1090. The molecule has 0 radical (unpaired) electrons. The van der Waals surface area contributed by atoms with Crippen molar-refractivity contribution in [2.75, 3.05) is 38.2 Å². The Morgan fingerprint density at radius 3 is 2.42 bits per heavy atom. The van der Waals surface area contributed by atoms with Crippen LogP contribution in [0.15, 0.2) is 50.2 Å². The number of sulfonamides is 1. The Labute approximate surface area is 195 Å². The normalized spacial score (nSPS) is 14.8. The number of aromatic hydroxyl groups is 1. The van der Waals surface area contributed by atoms with E-state index in [0.717, 1.165) is 0 Å². The molecule has 1 fully saturated rings. The Balaban J connectivity index is 1.58. The van der Waals surface area contributed by atoms with E-state index in [1.54, 1.807) is 6.07 Å². The van der Waals surface area contributed by atoms with Gasteiger partial charge in [0.1, 0.15) is 11.3 Å². The summed E-state index contributed by atoms with van der Waals surface area (Å²) in [4.78, 5) is 24.3. The van der Waals surface area contributed by atoms with Gasteiger partial charge < -0.3 is 19.9 Å². The van der Waals surface area contributed by atoms with Crippen molar-refractivity contribution in [3.05, 3.63) is 50.9 Å². The number of phenolic OH excluding ortho intramolecular Hbond substituents is 1. The number of ether oxygens (including phenoxy) is 2. The monoisotopic (exact) mass is 576 g/mol. The predicted octanol–water partition coefficient (Wildman–Crippen LogP) is 2.73. The third-order valence-electron chi connectivity index (χ3n) is 4.33. The summed E-state index contributed by atoms with van der Waals surface area (Å²) in [7, 11) is -3.63. The SMILES string of the molecule is O=C(COC(=O)c1cc(Br)cc(Br)c1O)Nc1ccc(S(=O)(=O)N2CCOCC2)cc1. The molecule has 9 nitrogen and oxygen atoms in total. The number of amides is 1. The number of morpholine rings is 1. The lowest BCUT2D eigenvalue weighted by atomic mass is 10.2. The molecule has 0 saturated carbocycles. The van der Waals surface area contributed by atoms with E-state index in [-0.39, 0.29) is 29.3 Å². The van der Waals surface area contributed by atoms with Crippen LogP contribution in [0.25, 0.3) is 0 Å². The standard InChI is InChI=1S/C19H18Br2N2O7S/c20-12-9-15(18(25)16(21)10-12)19(26)30-11-17(24)22-13-1-3-14(4-2-13)31(27,28)23-5-7-29-8-6-23/h1-4,9-10,25H,5-8,11H2,(H,22,24). The van der Waals surface area contributed by atoms with E-state index in [4.69, 9.17) is 9.47 Å². The molecule has 0 bridgehead atoms. The highest BCUT2D eigenvalue weighted by atomic mass is 79.9. The molecule has 2 aromatic rings.